The quantitative estimate of drug-likeness (QED) is 0.808. The highest BCUT2D eigenvalue weighted by Gasteiger charge is 2.17. The molecule has 0 aliphatic heterocycles. The van der Waals surface area contributed by atoms with E-state index in [9.17, 15) is 4.79 Å². The van der Waals surface area contributed by atoms with Crippen LogP contribution in [0, 0.1) is 5.92 Å². The van der Waals surface area contributed by atoms with Crippen LogP contribution in [0.25, 0.3) is 0 Å². The Labute approximate surface area is 95.3 Å². The molecule has 0 bridgehead atoms. The molecular weight excluding hydrogens is 202 g/mol. The first-order chi connectivity index (χ1) is 7.77. The van der Waals surface area contributed by atoms with E-state index in [-0.39, 0.29) is 5.91 Å². The van der Waals surface area contributed by atoms with Gasteiger partial charge in [0.2, 0.25) is 0 Å². The van der Waals surface area contributed by atoms with Gasteiger partial charge in [0.25, 0.3) is 5.91 Å². The maximum atomic E-state index is 11.7. The van der Waals surface area contributed by atoms with E-state index in [1.54, 1.807) is 18.3 Å². The van der Waals surface area contributed by atoms with Gasteiger partial charge in [-0.15, -0.1) is 0 Å². The van der Waals surface area contributed by atoms with Gasteiger partial charge in [0, 0.05) is 12.7 Å². The van der Waals surface area contributed by atoms with Gasteiger partial charge in [0.05, 0.1) is 5.69 Å². The molecule has 1 aliphatic rings. The topological polar surface area (TPSA) is 68.0 Å². The lowest BCUT2D eigenvalue weighted by molar-refractivity contribution is 0.0945. The predicted molar refractivity (Wildman–Crippen MR) is 62.9 cm³/mol. The van der Waals surface area contributed by atoms with Crippen LogP contribution in [0.3, 0.4) is 0 Å². The third-order valence-corrected chi connectivity index (χ3v) is 3.12. The molecule has 1 fully saturated rings. The zero-order valence-electron chi connectivity index (χ0n) is 9.28. The van der Waals surface area contributed by atoms with Crippen LogP contribution >= 0.6 is 0 Å². The van der Waals surface area contributed by atoms with Crippen molar-refractivity contribution in [1.29, 1.82) is 0 Å². The van der Waals surface area contributed by atoms with E-state index in [4.69, 9.17) is 5.73 Å². The summed E-state index contributed by atoms with van der Waals surface area (Å²) >= 11 is 0. The number of nitrogens with one attached hydrogen (secondary N) is 1. The Morgan fingerprint density at radius 2 is 2.38 bits per heavy atom. The van der Waals surface area contributed by atoms with Crippen LogP contribution < -0.4 is 11.1 Å². The van der Waals surface area contributed by atoms with Gasteiger partial charge < -0.3 is 11.1 Å². The molecule has 4 heteroatoms. The molecule has 16 heavy (non-hydrogen) atoms. The van der Waals surface area contributed by atoms with Crippen LogP contribution in [-0.2, 0) is 0 Å². The number of carbonyl (C=O) groups is 1. The average Bonchev–Trinajstić information content (AvgIpc) is 2.22. The lowest BCUT2D eigenvalue weighted by Crippen LogP contribution is -2.28. The second-order valence-electron chi connectivity index (χ2n) is 4.28. The number of aromatic nitrogens is 1. The van der Waals surface area contributed by atoms with Gasteiger partial charge in [0.15, 0.2) is 5.69 Å². The number of anilines is 1. The summed E-state index contributed by atoms with van der Waals surface area (Å²) < 4.78 is 0. The molecule has 0 radical (unpaired) electrons. The highest BCUT2D eigenvalue weighted by atomic mass is 16.1. The fraction of sp³-hybridized carbons (Fsp3) is 0.500. The minimum Gasteiger partial charge on any atom is -0.397 e. The minimum atomic E-state index is -0.169. The molecule has 0 unspecified atom stereocenters. The van der Waals surface area contributed by atoms with Gasteiger partial charge in [-0.1, -0.05) is 19.3 Å². The number of hydrogen-bond donors (Lipinski definition) is 2. The van der Waals surface area contributed by atoms with Gasteiger partial charge in [-0.25, -0.2) is 4.98 Å². The van der Waals surface area contributed by atoms with Gasteiger partial charge in [-0.3, -0.25) is 4.79 Å². The van der Waals surface area contributed by atoms with E-state index < -0.39 is 0 Å². The zero-order valence-corrected chi connectivity index (χ0v) is 9.28. The summed E-state index contributed by atoms with van der Waals surface area (Å²) in [6.45, 7) is 0.722. The number of amides is 1. The standard InChI is InChI=1S/C12H17N3O/c13-10-5-2-7-14-11(10)12(16)15-8-6-9-3-1-4-9/h2,5,7,9H,1,3-4,6,8,13H2,(H,15,16). The number of carbonyl (C=O) groups excluding carboxylic acids is 1. The Morgan fingerprint density at radius 1 is 1.56 bits per heavy atom. The van der Waals surface area contributed by atoms with Crippen molar-refractivity contribution in [1.82, 2.24) is 10.3 Å². The molecule has 0 aromatic carbocycles. The van der Waals surface area contributed by atoms with Crippen LogP contribution in [0.5, 0.6) is 0 Å². The summed E-state index contributed by atoms with van der Waals surface area (Å²) in [5.41, 5.74) is 6.43. The lowest BCUT2D eigenvalue weighted by atomic mass is 9.83. The van der Waals surface area contributed by atoms with E-state index in [0.717, 1.165) is 18.9 Å². The van der Waals surface area contributed by atoms with Crippen molar-refractivity contribution in [3.8, 4) is 0 Å². The molecule has 1 saturated carbocycles. The van der Waals surface area contributed by atoms with Crippen LogP contribution in [0.2, 0.25) is 0 Å². The molecule has 1 amide bonds. The van der Waals surface area contributed by atoms with Crippen LogP contribution in [0.4, 0.5) is 5.69 Å². The first-order valence-electron chi connectivity index (χ1n) is 5.76. The van der Waals surface area contributed by atoms with Crippen molar-refractivity contribution < 1.29 is 4.79 Å². The SMILES string of the molecule is Nc1cccnc1C(=O)NCCC1CCC1. The van der Waals surface area contributed by atoms with Crippen molar-refractivity contribution in [2.24, 2.45) is 5.92 Å². The summed E-state index contributed by atoms with van der Waals surface area (Å²) in [6.07, 6.45) is 6.60. The maximum absolute atomic E-state index is 11.7. The fourth-order valence-corrected chi connectivity index (χ4v) is 1.86. The number of nitrogens with two attached hydrogens (primary N) is 1. The molecule has 4 nitrogen and oxygen atoms in total. The smallest absolute Gasteiger partial charge is 0.272 e. The Balaban J connectivity index is 1.81. The number of hydrogen-bond acceptors (Lipinski definition) is 3. The summed E-state index contributed by atoms with van der Waals surface area (Å²) in [7, 11) is 0. The third-order valence-electron chi connectivity index (χ3n) is 3.12. The van der Waals surface area contributed by atoms with Gasteiger partial charge >= 0.3 is 0 Å². The minimum absolute atomic E-state index is 0.169. The van der Waals surface area contributed by atoms with E-state index in [2.05, 4.69) is 10.3 Å². The lowest BCUT2D eigenvalue weighted by Gasteiger charge is -2.25. The van der Waals surface area contributed by atoms with Crippen molar-refractivity contribution >= 4 is 11.6 Å². The first kappa shape index (κ1) is 10.9. The number of nitrogen functional groups attached to an aromatic ring is 1. The van der Waals surface area contributed by atoms with Gasteiger partial charge in [-0.2, -0.15) is 0 Å². The molecule has 86 valence electrons. The van der Waals surface area contributed by atoms with Crippen molar-refractivity contribution in [2.45, 2.75) is 25.7 Å². The van der Waals surface area contributed by atoms with Crippen molar-refractivity contribution in [2.75, 3.05) is 12.3 Å². The first-order valence-corrected chi connectivity index (χ1v) is 5.76. The monoisotopic (exact) mass is 219 g/mol. The molecule has 1 aromatic rings. The average molecular weight is 219 g/mol. The zero-order chi connectivity index (χ0) is 11.4. The van der Waals surface area contributed by atoms with Crippen LogP contribution in [0.15, 0.2) is 18.3 Å². The molecule has 0 saturated heterocycles. The maximum Gasteiger partial charge on any atom is 0.272 e. The van der Waals surface area contributed by atoms with E-state index in [1.807, 2.05) is 0 Å². The van der Waals surface area contributed by atoms with E-state index in [1.165, 1.54) is 19.3 Å². The Bertz CT molecular complexity index is 374. The second-order valence-corrected chi connectivity index (χ2v) is 4.28. The second kappa shape index (κ2) is 4.96. The number of nitrogens with zero attached hydrogens (tertiary/aromatic N) is 1. The Kier molecular flexibility index (Phi) is 3.39. The largest absolute Gasteiger partial charge is 0.397 e. The van der Waals surface area contributed by atoms with Crippen LogP contribution in [-0.4, -0.2) is 17.4 Å². The third kappa shape index (κ3) is 2.51. The Hall–Kier alpha value is -1.58. The fourth-order valence-electron chi connectivity index (χ4n) is 1.86. The predicted octanol–water partition coefficient (Wildman–Crippen LogP) is 1.58. The number of rotatable bonds is 4. The highest BCUT2D eigenvalue weighted by Crippen LogP contribution is 2.28. The van der Waals surface area contributed by atoms with E-state index in [0.29, 0.717) is 11.4 Å². The number of pyridine rings is 1. The molecule has 3 N–H and O–H groups in total. The van der Waals surface area contributed by atoms with Crippen molar-refractivity contribution in [3.05, 3.63) is 24.0 Å². The Morgan fingerprint density at radius 3 is 3.00 bits per heavy atom. The molecule has 0 spiro atoms. The van der Waals surface area contributed by atoms with Gasteiger partial charge in [-0.05, 0) is 24.5 Å². The molecular formula is C12H17N3O. The molecule has 0 atom stereocenters. The summed E-state index contributed by atoms with van der Waals surface area (Å²) in [6, 6.07) is 3.41. The highest BCUT2D eigenvalue weighted by molar-refractivity contribution is 5.96. The molecule has 1 aromatic heterocycles. The summed E-state index contributed by atoms with van der Waals surface area (Å²) in [4.78, 5) is 15.7. The summed E-state index contributed by atoms with van der Waals surface area (Å²) in [5, 5.41) is 2.86. The normalized spacial score (nSPS) is 15.5. The van der Waals surface area contributed by atoms with E-state index >= 15 is 0 Å². The van der Waals surface area contributed by atoms with Crippen molar-refractivity contribution in [3.63, 3.8) is 0 Å². The van der Waals surface area contributed by atoms with Crippen LogP contribution in [0.1, 0.15) is 36.2 Å². The molecule has 1 aliphatic carbocycles. The molecule has 1 heterocycles. The molecule has 2 rings (SSSR count). The van der Waals surface area contributed by atoms with Gasteiger partial charge in [0.1, 0.15) is 0 Å². The summed E-state index contributed by atoms with van der Waals surface area (Å²) in [5.74, 6) is 0.638.